The lowest BCUT2D eigenvalue weighted by molar-refractivity contribution is -0.121. The fourth-order valence-corrected chi connectivity index (χ4v) is 3.41. The van der Waals surface area contributed by atoms with E-state index < -0.39 is 11.9 Å². The highest BCUT2D eigenvalue weighted by Gasteiger charge is 2.28. The average molecular weight is 357 g/mol. The van der Waals surface area contributed by atoms with Crippen LogP contribution in [0.15, 0.2) is 18.2 Å². The van der Waals surface area contributed by atoms with Crippen LogP contribution in [0, 0.1) is 5.92 Å². The molecular weight excluding hydrogens is 335 g/mol. The van der Waals surface area contributed by atoms with Gasteiger partial charge in [0.05, 0.1) is 16.0 Å². The van der Waals surface area contributed by atoms with Crippen molar-refractivity contribution in [3.05, 3.63) is 33.8 Å². The molecule has 0 spiro atoms. The molecule has 2 N–H and O–H groups in total. The average Bonchev–Trinajstić information content (AvgIpc) is 3.01. The number of imide groups is 1. The SMILES string of the molecule is CCNC(=O)NC(=O)[C@H](CC1CCCC1)c1ccc(Cl)c(Cl)c1. The number of amides is 3. The van der Waals surface area contributed by atoms with E-state index in [9.17, 15) is 9.59 Å². The largest absolute Gasteiger partial charge is 0.338 e. The van der Waals surface area contributed by atoms with E-state index in [4.69, 9.17) is 23.2 Å². The second-order valence-electron chi connectivity index (χ2n) is 5.96. The topological polar surface area (TPSA) is 58.2 Å². The van der Waals surface area contributed by atoms with Gasteiger partial charge in [0, 0.05) is 6.54 Å². The molecule has 0 unspecified atom stereocenters. The number of hydrogen-bond donors (Lipinski definition) is 2. The van der Waals surface area contributed by atoms with E-state index >= 15 is 0 Å². The van der Waals surface area contributed by atoms with Gasteiger partial charge in [-0.1, -0.05) is 55.0 Å². The first-order valence-corrected chi connectivity index (χ1v) is 8.80. The van der Waals surface area contributed by atoms with Crippen LogP contribution in [0.3, 0.4) is 0 Å². The molecule has 1 saturated carbocycles. The number of halogens is 2. The molecule has 1 fully saturated rings. The monoisotopic (exact) mass is 356 g/mol. The van der Waals surface area contributed by atoms with E-state index in [1.807, 2.05) is 6.07 Å². The van der Waals surface area contributed by atoms with Gasteiger partial charge in [0.2, 0.25) is 5.91 Å². The summed E-state index contributed by atoms with van der Waals surface area (Å²) in [7, 11) is 0. The van der Waals surface area contributed by atoms with Crippen LogP contribution in [0.1, 0.15) is 50.5 Å². The van der Waals surface area contributed by atoms with Gasteiger partial charge < -0.3 is 5.32 Å². The molecule has 126 valence electrons. The normalized spacial score (nSPS) is 16.1. The lowest BCUT2D eigenvalue weighted by atomic mass is 9.87. The van der Waals surface area contributed by atoms with E-state index in [2.05, 4.69) is 10.6 Å². The predicted molar refractivity (Wildman–Crippen MR) is 93.0 cm³/mol. The molecule has 1 aromatic carbocycles. The molecule has 0 aromatic heterocycles. The lowest BCUT2D eigenvalue weighted by Crippen LogP contribution is -2.42. The zero-order valence-corrected chi connectivity index (χ0v) is 14.7. The van der Waals surface area contributed by atoms with Gasteiger partial charge in [-0.3, -0.25) is 10.1 Å². The molecule has 1 aromatic rings. The summed E-state index contributed by atoms with van der Waals surface area (Å²) >= 11 is 12.1. The predicted octanol–water partition coefficient (Wildman–Crippen LogP) is 4.50. The van der Waals surface area contributed by atoms with Crippen molar-refractivity contribution in [3.63, 3.8) is 0 Å². The van der Waals surface area contributed by atoms with Crippen molar-refractivity contribution in [3.8, 4) is 0 Å². The smallest absolute Gasteiger partial charge is 0.321 e. The Morgan fingerprint density at radius 3 is 2.52 bits per heavy atom. The van der Waals surface area contributed by atoms with Crippen LogP contribution in [0.4, 0.5) is 4.79 Å². The first-order valence-electron chi connectivity index (χ1n) is 8.05. The van der Waals surface area contributed by atoms with Gasteiger partial charge in [-0.15, -0.1) is 0 Å². The number of hydrogen-bond acceptors (Lipinski definition) is 2. The highest BCUT2D eigenvalue weighted by molar-refractivity contribution is 6.42. The summed E-state index contributed by atoms with van der Waals surface area (Å²) in [5.41, 5.74) is 0.799. The van der Waals surface area contributed by atoms with E-state index in [0.717, 1.165) is 24.8 Å². The van der Waals surface area contributed by atoms with E-state index in [1.54, 1.807) is 19.1 Å². The Bertz CT molecular complexity index is 572. The van der Waals surface area contributed by atoms with Gasteiger partial charge in [-0.2, -0.15) is 0 Å². The summed E-state index contributed by atoms with van der Waals surface area (Å²) in [6, 6.07) is 4.76. The standard InChI is InChI=1S/C17H22Cl2N2O2/c1-2-20-17(23)21-16(22)13(9-11-5-3-4-6-11)12-7-8-14(18)15(19)10-12/h7-8,10-11,13H,2-6,9H2,1H3,(H2,20,21,22,23)/t13-/m1/s1. The minimum atomic E-state index is -0.464. The minimum absolute atomic E-state index is 0.291. The third-order valence-corrected chi connectivity index (χ3v) is 5.02. The fourth-order valence-electron chi connectivity index (χ4n) is 3.11. The van der Waals surface area contributed by atoms with Crippen molar-refractivity contribution < 1.29 is 9.59 Å². The van der Waals surface area contributed by atoms with Crippen LogP contribution in [0.2, 0.25) is 10.0 Å². The molecule has 4 nitrogen and oxygen atoms in total. The van der Waals surface area contributed by atoms with Crippen molar-refractivity contribution in [2.45, 2.75) is 44.9 Å². The van der Waals surface area contributed by atoms with Crippen molar-refractivity contribution in [1.82, 2.24) is 10.6 Å². The van der Waals surface area contributed by atoms with Crippen LogP contribution in [-0.2, 0) is 4.79 Å². The second kappa shape index (κ2) is 8.55. The Labute approximate surface area is 146 Å². The highest BCUT2D eigenvalue weighted by atomic mass is 35.5. The summed E-state index contributed by atoms with van der Waals surface area (Å²) in [6.45, 7) is 2.28. The van der Waals surface area contributed by atoms with Crippen molar-refractivity contribution in [2.24, 2.45) is 5.92 Å². The molecule has 23 heavy (non-hydrogen) atoms. The van der Waals surface area contributed by atoms with Crippen molar-refractivity contribution in [1.29, 1.82) is 0 Å². The molecule has 0 heterocycles. The molecule has 2 rings (SSSR count). The fraction of sp³-hybridized carbons (Fsp3) is 0.529. The highest BCUT2D eigenvalue weighted by Crippen LogP contribution is 2.36. The summed E-state index contributed by atoms with van der Waals surface area (Å²) < 4.78 is 0. The third kappa shape index (κ3) is 5.11. The molecule has 6 heteroatoms. The number of carbonyl (C=O) groups is 2. The number of carbonyl (C=O) groups excluding carboxylic acids is 2. The molecular formula is C17H22Cl2N2O2. The first kappa shape index (κ1) is 18.1. The first-order chi connectivity index (χ1) is 11.0. The van der Waals surface area contributed by atoms with E-state index in [1.165, 1.54) is 12.8 Å². The van der Waals surface area contributed by atoms with Gasteiger partial charge in [0.15, 0.2) is 0 Å². The minimum Gasteiger partial charge on any atom is -0.338 e. The van der Waals surface area contributed by atoms with Gasteiger partial charge in [0.1, 0.15) is 0 Å². The lowest BCUT2D eigenvalue weighted by Gasteiger charge is -2.20. The summed E-state index contributed by atoms with van der Waals surface area (Å²) in [5, 5.41) is 5.88. The quantitative estimate of drug-likeness (QED) is 0.815. The molecule has 1 aliphatic carbocycles. The summed E-state index contributed by atoms with van der Waals surface area (Å²) in [6.07, 6.45) is 5.40. The molecule has 1 atom stereocenters. The Morgan fingerprint density at radius 2 is 1.91 bits per heavy atom. The van der Waals surface area contributed by atoms with Crippen molar-refractivity contribution >= 4 is 35.1 Å². The van der Waals surface area contributed by atoms with Crippen LogP contribution in [0.25, 0.3) is 0 Å². The Hall–Kier alpha value is -1.26. The van der Waals surface area contributed by atoms with Crippen LogP contribution < -0.4 is 10.6 Å². The zero-order valence-electron chi connectivity index (χ0n) is 13.2. The van der Waals surface area contributed by atoms with Crippen LogP contribution >= 0.6 is 23.2 Å². The number of benzene rings is 1. The van der Waals surface area contributed by atoms with Crippen LogP contribution in [-0.4, -0.2) is 18.5 Å². The number of rotatable bonds is 5. The maximum Gasteiger partial charge on any atom is 0.321 e. The molecule has 1 aliphatic rings. The van der Waals surface area contributed by atoms with Crippen LogP contribution in [0.5, 0.6) is 0 Å². The van der Waals surface area contributed by atoms with Crippen molar-refractivity contribution in [2.75, 3.05) is 6.54 Å². The second-order valence-corrected chi connectivity index (χ2v) is 6.78. The number of urea groups is 1. The van der Waals surface area contributed by atoms with E-state index in [0.29, 0.717) is 22.5 Å². The Kier molecular flexibility index (Phi) is 6.72. The number of nitrogens with one attached hydrogen (secondary N) is 2. The summed E-state index contributed by atoms with van der Waals surface area (Å²) in [4.78, 5) is 24.2. The van der Waals surface area contributed by atoms with Gasteiger partial charge in [-0.25, -0.2) is 4.79 Å². The van der Waals surface area contributed by atoms with Gasteiger partial charge >= 0.3 is 6.03 Å². The Morgan fingerprint density at radius 1 is 1.22 bits per heavy atom. The maximum atomic E-state index is 12.6. The molecule has 0 bridgehead atoms. The summed E-state index contributed by atoms with van der Waals surface area (Å²) in [5.74, 6) is -0.175. The maximum absolute atomic E-state index is 12.6. The molecule has 0 saturated heterocycles. The third-order valence-electron chi connectivity index (χ3n) is 4.28. The molecule has 0 aliphatic heterocycles. The zero-order chi connectivity index (χ0) is 16.8. The molecule has 3 amide bonds. The van der Waals surface area contributed by atoms with Gasteiger partial charge in [-0.05, 0) is 37.0 Å². The van der Waals surface area contributed by atoms with Gasteiger partial charge in [0.25, 0.3) is 0 Å². The molecule has 0 radical (unpaired) electrons. The Balaban J connectivity index is 2.17. The van der Waals surface area contributed by atoms with E-state index in [-0.39, 0.29) is 5.91 Å².